The Bertz CT molecular complexity index is 925. The maximum Gasteiger partial charge on any atom is 0.244 e. The highest BCUT2D eigenvalue weighted by molar-refractivity contribution is 5.86. The average molecular weight is 384 g/mol. The van der Waals surface area contributed by atoms with E-state index in [4.69, 9.17) is 4.74 Å². The minimum atomic E-state index is -0.778. The molecule has 1 unspecified atom stereocenters. The van der Waals surface area contributed by atoms with Crippen molar-refractivity contribution < 1.29 is 17.9 Å². The summed E-state index contributed by atoms with van der Waals surface area (Å²) in [5.41, 5.74) is 0.402. The Morgan fingerprint density at radius 1 is 1.15 bits per heavy atom. The summed E-state index contributed by atoms with van der Waals surface area (Å²) >= 11 is 0. The molecule has 26 heavy (non-hydrogen) atoms. The van der Waals surface area contributed by atoms with Crippen LogP contribution < -0.4 is 10.1 Å². The zero-order valence-electron chi connectivity index (χ0n) is 13.7. The van der Waals surface area contributed by atoms with E-state index in [1.165, 1.54) is 22.9 Å². The van der Waals surface area contributed by atoms with Crippen molar-refractivity contribution in [2.24, 2.45) is 5.92 Å². The van der Waals surface area contributed by atoms with Crippen LogP contribution in [0.25, 0.3) is 16.6 Å². The third-order valence-electron chi connectivity index (χ3n) is 4.38. The van der Waals surface area contributed by atoms with E-state index in [2.05, 4.69) is 10.4 Å². The number of ether oxygens (including phenoxy) is 1. The quantitative estimate of drug-likeness (QED) is 0.743. The molecule has 1 atom stereocenters. The van der Waals surface area contributed by atoms with Gasteiger partial charge in [0.25, 0.3) is 0 Å². The van der Waals surface area contributed by atoms with E-state index in [0.29, 0.717) is 18.0 Å². The van der Waals surface area contributed by atoms with E-state index in [-0.39, 0.29) is 29.4 Å². The molecule has 1 aliphatic heterocycles. The smallest absolute Gasteiger partial charge is 0.244 e. The Hall–Kier alpha value is -2.25. The van der Waals surface area contributed by atoms with Crippen LogP contribution in [-0.4, -0.2) is 29.5 Å². The molecule has 0 aliphatic carbocycles. The standard InChI is InChI=1S/C18H16F3N3O.ClH/c19-12-4-5-15(14(21)8-12)24-16-3-1-2-13(20)17(16)18(23-24)25-10-11-6-7-22-9-11;/h1-5,8,11,22H,6-7,9-10H2;1H. The fraction of sp³-hybridized carbons (Fsp3) is 0.278. The molecule has 0 bridgehead atoms. The predicted molar refractivity (Wildman–Crippen MR) is 94.7 cm³/mol. The monoisotopic (exact) mass is 383 g/mol. The maximum absolute atomic E-state index is 14.3. The highest BCUT2D eigenvalue weighted by Gasteiger charge is 2.21. The first kappa shape index (κ1) is 18.5. The lowest BCUT2D eigenvalue weighted by molar-refractivity contribution is 0.251. The molecule has 1 aliphatic rings. The molecule has 8 heteroatoms. The summed E-state index contributed by atoms with van der Waals surface area (Å²) in [5.74, 6) is -1.52. The van der Waals surface area contributed by atoms with Gasteiger partial charge in [-0.15, -0.1) is 17.5 Å². The first-order chi connectivity index (χ1) is 12.1. The van der Waals surface area contributed by atoms with E-state index in [1.54, 1.807) is 6.07 Å². The van der Waals surface area contributed by atoms with Gasteiger partial charge in [-0.05, 0) is 37.2 Å². The number of rotatable bonds is 4. The van der Waals surface area contributed by atoms with Crippen LogP contribution in [0.3, 0.4) is 0 Å². The van der Waals surface area contributed by atoms with E-state index in [0.717, 1.165) is 31.6 Å². The molecule has 2 aromatic carbocycles. The molecule has 1 aromatic heterocycles. The SMILES string of the molecule is Cl.Fc1ccc(-n2nc(OCC3CCNC3)c3c(F)cccc32)c(F)c1. The van der Waals surface area contributed by atoms with Crippen molar-refractivity contribution in [2.75, 3.05) is 19.7 Å². The fourth-order valence-corrected chi connectivity index (χ4v) is 3.09. The molecular formula is C18H17ClF3N3O. The molecular weight excluding hydrogens is 367 g/mol. The zero-order valence-corrected chi connectivity index (χ0v) is 14.5. The van der Waals surface area contributed by atoms with Crippen molar-refractivity contribution in [1.29, 1.82) is 0 Å². The Labute approximate surface area is 154 Å². The number of fused-ring (bicyclic) bond motifs is 1. The molecule has 1 saturated heterocycles. The Balaban J connectivity index is 0.00000196. The third-order valence-corrected chi connectivity index (χ3v) is 4.38. The lowest BCUT2D eigenvalue weighted by atomic mass is 10.1. The summed E-state index contributed by atoms with van der Waals surface area (Å²) in [6, 6.07) is 7.62. The van der Waals surface area contributed by atoms with Crippen LogP contribution in [0.2, 0.25) is 0 Å². The number of aromatic nitrogens is 2. The number of hydrogen-bond acceptors (Lipinski definition) is 3. The summed E-state index contributed by atoms with van der Waals surface area (Å²) in [6.07, 6.45) is 0.980. The second-order valence-corrected chi connectivity index (χ2v) is 6.12. The minimum absolute atomic E-state index is 0. The molecule has 138 valence electrons. The summed E-state index contributed by atoms with van der Waals surface area (Å²) in [7, 11) is 0. The molecule has 4 nitrogen and oxygen atoms in total. The van der Waals surface area contributed by atoms with Gasteiger partial charge in [-0.3, -0.25) is 0 Å². The normalized spacial score (nSPS) is 16.7. The maximum atomic E-state index is 14.3. The lowest BCUT2D eigenvalue weighted by Gasteiger charge is -2.08. The summed E-state index contributed by atoms with van der Waals surface area (Å²) in [6.45, 7) is 2.17. The molecule has 0 saturated carbocycles. The summed E-state index contributed by atoms with van der Waals surface area (Å²) < 4.78 is 48.7. The van der Waals surface area contributed by atoms with Crippen LogP contribution in [0.15, 0.2) is 36.4 Å². The first-order valence-corrected chi connectivity index (χ1v) is 8.09. The minimum Gasteiger partial charge on any atom is -0.476 e. The molecule has 0 spiro atoms. The predicted octanol–water partition coefficient (Wildman–Crippen LogP) is 3.85. The molecule has 0 amide bonds. The van der Waals surface area contributed by atoms with E-state index in [1.807, 2.05) is 0 Å². The van der Waals surface area contributed by atoms with Crippen LogP contribution in [0, 0.1) is 23.4 Å². The van der Waals surface area contributed by atoms with Gasteiger partial charge < -0.3 is 10.1 Å². The zero-order chi connectivity index (χ0) is 17.4. The summed E-state index contributed by atoms with van der Waals surface area (Å²) in [5, 5.41) is 7.67. The summed E-state index contributed by atoms with van der Waals surface area (Å²) in [4.78, 5) is 0. The van der Waals surface area contributed by atoms with Crippen molar-refractivity contribution in [3.05, 3.63) is 53.8 Å². The van der Waals surface area contributed by atoms with E-state index >= 15 is 0 Å². The van der Waals surface area contributed by atoms with Crippen LogP contribution in [0.5, 0.6) is 5.88 Å². The van der Waals surface area contributed by atoms with Crippen molar-refractivity contribution in [1.82, 2.24) is 15.1 Å². The molecule has 4 rings (SSSR count). The number of nitrogens with one attached hydrogen (secondary N) is 1. The highest BCUT2D eigenvalue weighted by Crippen LogP contribution is 2.31. The molecule has 0 radical (unpaired) electrons. The fourth-order valence-electron chi connectivity index (χ4n) is 3.09. The number of nitrogens with zero attached hydrogens (tertiary/aromatic N) is 2. The largest absolute Gasteiger partial charge is 0.476 e. The van der Waals surface area contributed by atoms with Crippen LogP contribution in [0.4, 0.5) is 13.2 Å². The average Bonchev–Trinajstić information content (AvgIpc) is 3.21. The van der Waals surface area contributed by atoms with Crippen LogP contribution in [0.1, 0.15) is 6.42 Å². The van der Waals surface area contributed by atoms with Gasteiger partial charge in [-0.1, -0.05) is 6.07 Å². The second-order valence-electron chi connectivity index (χ2n) is 6.12. The van der Waals surface area contributed by atoms with Gasteiger partial charge in [0.1, 0.15) is 17.3 Å². The van der Waals surface area contributed by atoms with Gasteiger partial charge in [0, 0.05) is 18.5 Å². The Morgan fingerprint density at radius 2 is 2.00 bits per heavy atom. The van der Waals surface area contributed by atoms with Gasteiger partial charge in [0.15, 0.2) is 5.82 Å². The number of halogens is 4. The van der Waals surface area contributed by atoms with E-state index in [9.17, 15) is 13.2 Å². The first-order valence-electron chi connectivity index (χ1n) is 8.09. The topological polar surface area (TPSA) is 39.1 Å². The van der Waals surface area contributed by atoms with Gasteiger partial charge in [-0.2, -0.15) is 0 Å². The second kappa shape index (κ2) is 7.55. The lowest BCUT2D eigenvalue weighted by Crippen LogP contribution is -2.15. The van der Waals surface area contributed by atoms with Gasteiger partial charge >= 0.3 is 0 Å². The third kappa shape index (κ3) is 3.37. The van der Waals surface area contributed by atoms with Gasteiger partial charge in [0.2, 0.25) is 5.88 Å². The molecule has 2 heterocycles. The van der Waals surface area contributed by atoms with Crippen LogP contribution >= 0.6 is 12.4 Å². The van der Waals surface area contributed by atoms with E-state index < -0.39 is 17.5 Å². The number of benzene rings is 2. The number of hydrogen-bond donors (Lipinski definition) is 1. The molecule has 1 fully saturated rings. The van der Waals surface area contributed by atoms with Crippen molar-refractivity contribution in [2.45, 2.75) is 6.42 Å². The van der Waals surface area contributed by atoms with Crippen molar-refractivity contribution >= 4 is 23.3 Å². The van der Waals surface area contributed by atoms with Gasteiger partial charge in [0.05, 0.1) is 17.5 Å². The Morgan fingerprint density at radius 3 is 2.73 bits per heavy atom. The Kier molecular flexibility index (Phi) is 5.38. The highest BCUT2D eigenvalue weighted by atomic mass is 35.5. The van der Waals surface area contributed by atoms with Crippen LogP contribution in [-0.2, 0) is 0 Å². The van der Waals surface area contributed by atoms with Crippen molar-refractivity contribution in [3.63, 3.8) is 0 Å². The molecule has 3 aromatic rings. The van der Waals surface area contributed by atoms with Crippen molar-refractivity contribution in [3.8, 4) is 11.6 Å². The van der Waals surface area contributed by atoms with Gasteiger partial charge in [-0.25, -0.2) is 17.9 Å². The molecule has 1 N–H and O–H groups in total.